The number of hydrogen-bond donors (Lipinski definition) is 1. The van der Waals surface area contributed by atoms with E-state index in [-0.39, 0.29) is 17.4 Å². The Bertz CT molecular complexity index is 1550. The molecule has 0 unspecified atom stereocenters. The van der Waals surface area contributed by atoms with E-state index in [2.05, 4.69) is 6.07 Å². The van der Waals surface area contributed by atoms with Crippen molar-refractivity contribution in [2.45, 2.75) is 18.9 Å². The molecule has 0 aliphatic carbocycles. The smallest absolute Gasteiger partial charge is 0.248 e. The van der Waals surface area contributed by atoms with Gasteiger partial charge >= 0.3 is 0 Å². The van der Waals surface area contributed by atoms with E-state index < -0.39 is 5.41 Å². The molecule has 0 saturated carbocycles. The van der Waals surface area contributed by atoms with Crippen LogP contribution in [0.1, 0.15) is 22.4 Å². The monoisotopic (exact) mass is 459 g/mol. The summed E-state index contributed by atoms with van der Waals surface area (Å²) in [6, 6.07) is 29.0. The minimum atomic E-state index is -1.45. The first-order valence-corrected chi connectivity index (χ1v) is 11.3. The Kier molecular flexibility index (Phi) is 4.51. The van der Waals surface area contributed by atoms with Gasteiger partial charge in [-0.3, -0.25) is 4.79 Å². The molecular weight excluding hydrogens is 438 g/mol. The predicted molar refractivity (Wildman–Crippen MR) is 131 cm³/mol. The van der Waals surface area contributed by atoms with Gasteiger partial charge in [-0.2, -0.15) is 10.4 Å². The van der Waals surface area contributed by atoms with Crippen LogP contribution < -0.4 is 15.4 Å². The van der Waals surface area contributed by atoms with Crippen LogP contribution in [0.3, 0.4) is 0 Å². The second kappa shape index (κ2) is 7.61. The molecule has 1 spiro atoms. The van der Waals surface area contributed by atoms with Gasteiger partial charge in [0.25, 0.3) is 0 Å². The van der Waals surface area contributed by atoms with E-state index in [0.29, 0.717) is 29.2 Å². The van der Waals surface area contributed by atoms with Gasteiger partial charge in [0.2, 0.25) is 17.7 Å². The number of carbonyl (C=O) groups excluding carboxylic acids is 1. The second-order valence-corrected chi connectivity index (χ2v) is 8.61. The van der Waals surface area contributed by atoms with Gasteiger partial charge in [-0.1, -0.05) is 66.7 Å². The molecule has 2 N–H and O–H groups in total. The van der Waals surface area contributed by atoms with E-state index in [1.165, 1.54) is 0 Å². The third-order valence-electron chi connectivity index (χ3n) is 6.68. The summed E-state index contributed by atoms with van der Waals surface area (Å²) in [5, 5.41) is 15.0. The van der Waals surface area contributed by atoms with Crippen molar-refractivity contribution in [1.29, 1.82) is 5.26 Å². The zero-order chi connectivity index (χ0) is 24.2. The van der Waals surface area contributed by atoms with Gasteiger partial charge in [-0.25, -0.2) is 4.68 Å². The quantitative estimate of drug-likeness (QED) is 0.498. The number of fused-ring (bicyclic) bond motifs is 4. The fourth-order valence-corrected chi connectivity index (χ4v) is 5.24. The lowest BCUT2D eigenvalue weighted by molar-refractivity contribution is -0.121. The largest absolute Gasteiger partial charge is 0.422 e. The molecule has 3 aromatic carbocycles. The van der Waals surface area contributed by atoms with Crippen molar-refractivity contribution in [2.75, 3.05) is 4.90 Å². The van der Waals surface area contributed by atoms with E-state index in [0.717, 1.165) is 16.9 Å². The maximum atomic E-state index is 14.5. The van der Waals surface area contributed by atoms with Gasteiger partial charge in [0, 0.05) is 11.3 Å². The minimum absolute atomic E-state index is 0.0775. The third kappa shape index (κ3) is 2.77. The Morgan fingerprint density at radius 3 is 2.37 bits per heavy atom. The molecule has 7 nitrogen and oxygen atoms in total. The van der Waals surface area contributed by atoms with E-state index in [1.54, 1.807) is 9.58 Å². The molecule has 0 saturated heterocycles. The summed E-state index contributed by atoms with van der Waals surface area (Å²) in [6.45, 7) is 2.19. The van der Waals surface area contributed by atoms with E-state index >= 15 is 0 Å². The van der Waals surface area contributed by atoms with Crippen molar-refractivity contribution < 1.29 is 9.53 Å². The SMILES string of the molecule is Cc1nn(-c2ccccc2)c2c1[C@@]1(C(=O)N(Cc3ccccc3)c3ccccc31)C(C#N)=C(N)O2. The normalized spacial score (nSPS) is 18.3. The Balaban J connectivity index is 1.64. The number of para-hydroxylation sites is 2. The summed E-state index contributed by atoms with van der Waals surface area (Å²) in [7, 11) is 0. The maximum Gasteiger partial charge on any atom is 0.248 e. The fourth-order valence-electron chi connectivity index (χ4n) is 5.24. The van der Waals surface area contributed by atoms with Crippen molar-refractivity contribution in [3.8, 4) is 17.6 Å². The van der Waals surface area contributed by atoms with Crippen LogP contribution in [0.4, 0.5) is 5.69 Å². The van der Waals surface area contributed by atoms with Crippen molar-refractivity contribution in [2.24, 2.45) is 5.73 Å². The molecule has 2 aliphatic heterocycles. The lowest BCUT2D eigenvalue weighted by Crippen LogP contribution is -2.46. The van der Waals surface area contributed by atoms with Gasteiger partial charge in [-0.05, 0) is 30.7 Å². The average Bonchev–Trinajstić information content (AvgIpc) is 3.34. The first-order chi connectivity index (χ1) is 17.1. The Labute approximate surface area is 202 Å². The third-order valence-corrected chi connectivity index (χ3v) is 6.68. The van der Waals surface area contributed by atoms with Gasteiger partial charge in [-0.15, -0.1) is 0 Å². The highest BCUT2D eigenvalue weighted by Gasteiger charge is 2.61. The van der Waals surface area contributed by atoms with Crippen LogP contribution in [0.15, 0.2) is 96.4 Å². The molecule has 6 rings (SSSR count). The second-order valence-electron chi connectivity index (χ2n) is 8.61. The lowest BCUT2D eigenvalue weighted by Gasteiger charge is -2.33. The summed E-state index contributed by atoms with van der Waals surface area (Å²) >= 11 is 0. The Morgan fingerprint density at radius 1 is 1.00 bits per heavy atom. The first kappa shape index (κ1) is 20.8. The number of carbonyl (C=O) groups is 1. The molecule has 4 aromatic rings. The number of benzene rings is 3. The lowest BCUT2D eigenvalue weighted by atomic mass is 9.69. The predicted octanol–water partition coefficient (Wildman–Crippen LogP) is 4.10. The van der Waals surface area contributed by atoms with Crippen LogP contribution in [0.5, 0.6) is 5.88 Å². The first-order valence-electron chi connectivity index (χ1n) is 11.3. The molecule has 7 heteroatoms. The highest BCUT2D eigenvalue weighted by Crippen LogP contribution is 2.56. The number of rotatable bonds is 3. The number of anilines is 1. The number of nitrogens with zero attached hydrogens (tertiary/aromatic N) is 4. The molecule has 1 aromatic heterocycles. The van der Waals surface area contributed by atoms with Crippen LogP contribution in [-0.4, -0.2) is 15.7 Å². The van der Waals surface area contributed by atoms with Crippen molar-refractivity contribution in [3.63, 3.8) is 0 Å². The minimum Gasteiger partial charge on any atom is -0.422 e. The molecule has 170 valence electrons. The number of nitrogens with two attached hydrogens (primary N) is 1. The van der Waals surface area contributed by atoms with Crippen molar-refractivity contribution in [1.82, 2.24) is 9.78 Å². The molecule has 0 radical (unpaired) electrons. The molecule has 2 aliphatic rings. The number of aromatic nitrogens is 2. The summed E-state index contributed by atoms with van der Waals surface area (Å²) in [5.41, 5.74) is 9.29. The number of nitriles is 1. The Hall–Kier alpha value is -4.83. The molecule has 0 bridgehead atoms. The van der Waals surface area contributed by atoms with Gasteiger partial charge in [0.1, 0.15) is 17.1 Å². The van der Waals surface area contributed by atoms with Crippen LogP contribution in [0.25, 0.3) is 5.69 Å². The highest BCUT2D eigenvalue weighted by atomic mass is 16.5. The molecule has 1 amide bonds. The summed E-state index contributed by atoms with van der Waals surface area (Å²) < 4.78 is 7.65. The zero-order valence-electron chi connectivity index (χ0n) is 19.0. The van der Waals surface area contributed by atoms with Crippen molar-refractivity contribution >= 4 is 11.6 Å². The van der Waals surface area contributed by atoms with E-state index in [4.69, 9.17) is 15.6 Å². The summed E-state index contributed by atoms with van der Waals surface area (Å²) in [4.78, 5) is 16.2. The molecule has 35 heavy (non-hydrogen) atoms. The standard InChI is InChI=1S/C28H21N5O2/c1-18-24-26(33(31-18)20-12-6-3-7-13-20)35-25(30)22(16-29)28(24)21-14-8-9-15-23(21)32(27(28)34)17-19-10-4-2-5-11-19/h2-15H,17,30H2,1H3/t28-/m0/s1. The van der Waals surface area contributed by atoms with Crippen LogP contribution in [0.2, 0.25) is 0 Å². The van der Waals surface area contributed by atoms with Crippen LogP contribution >= 0.6 is 0 Å². The van der Waals surface area contributed by atoms with Gasteiger partial charge in [0.05, 0.1) is 23.5 Å². The topological polar surface area (TPSA) is 97.2 Å². The maximum absolute atomic E-state index is 14.5. The molecular formula is C28H21N5O2. The summed E-state index contributed by atoms with van der Waals surface area (Å²) in [5.74, 6) is -0.000904. The number of amides is 1. The van der Waals surface area contributed by atoms with Gasteiger partial charge in [0.15, 0.2) is 0 Å². The number of hydrogen-bond acceptors (Lipinski definition) is 5. The van der Waals surface area contributed by atoms with Crippen LogP contribution in [-0.2, 0) is 16.8 Å². The number of ether oxygens (including phenoxy) is 1. The van der Waals surface area contributed by atoms with Crippen LogP contribution in [0, 0.1) is 18.3 Å². The molecule has 3 heterocycles. The van der Waals surface area contributed by atoms with Crippen molar-refractivity contribution in [3.05, 3.63) is 119 Å². The Morgan fingerprint density at radius 2 is 1.66 bits per heavy atom. The fraction of sp³-hybridized carbons (Fsp3) is 0.107. The van der Waals surface area contributed by atoms with E-state index in [1.807, 2.05) is 91.9 Å². The number of aryl methyl sites for hydroxylation is 1. The molecule has 1 atom stereocenters. The zero-order valence-corrected chi connectivity index (χ0v) is 19.0. The van der Waals surface area contributed by atoms with E-state index in [9.17, 15) is 10.1 Å². The summed E-state index contributed by atoms with van der Waals surface area (Å²) in [6.07, 6.45) is 0. The van der Waals surface area contributed by atoms with Gasteiger partial charge < -0.3 is 15.4 Å². The molecule has 0 fully saturated rings. The average molecular weight is 460 g/mol. The highest BCUT2D eigenvalue weighted by molar-refractivity contribution is 6.14.